The second kappa shape index (κ2) is 7.87. The minimum Gasteiger partial charge on any atom is -0.394 e. The summed E-state index contributed by atoms with van der Waals surface area (Å²) >= 11 is 1.69. The maximum Gasteiger partial charge on any atom is 0.231 e. The van der Waals surface area contributed by atoms with Gasteiger partial charge < -0.3 is 10.8 Å². The predicted octanol–water partition coefficient (Wildman–Crippen LogP) is 0.587. The van der Waals surface area contributed by atoms with E-state index < -0.39 is 0 Å². The van der Waals surface area contributed by atoms with Crippen LogP contribution in [0, 0.1) is 0 Å². The molecule has 1 aliphatic heterocycles. The van der Waals surface area contributed by atoms with Gasteiger partial charge in [-0.3, -0.25) is 9.69 Å². The van der Waals surface area contributed by atoms with Gasteiger partial charge in [-0.2, -0.15) is 5.10 Å². The zero-order valence-corrected chi connectivity index (χ0v) is 14.4. The number of carbonyl (C=O) groups is 1. The van der Waals surface area contributed by atoms with Crippen LogP contribution in [0.15, 0.2) is 17.5 Å². The van der Waals surface area contributed by atoms with Crippen molar-refractivity contribution in [1.29, 1.82) is 0 Å². The molecule has 1 amide bonds. The molecule has 2 aromatic heterocycles. The lowest BCUT2D eigenvalue weighted by Gasteiger charge is -2.31. The van der Waals surface area contributed by atoms with Crippen LogP contribution in [-0.2, 0) is 17.8 Å². The number of nitrogens with two attached hydrogens (primary N) is 1. The van der Waals surface area contributed by atoms with E-state index in [4.69, 9.17) is 10.7 Å². The van der Waals surface area contributed by atoms with Gasteiger partial charge in [-0.1, -0.05) is 6.07 Å². The fourth-order valence-corrected chi connectivity index (χ4v) is 3.94. The summed E-state index contributed by atoms with van der Waals surface area (Å²) in [6.45, 7) is 2.40. The molecule has 0 radical (unpaired) electrons. The van der Waals surface area contributed by atoms with Gasteiger partial charge in [0.05, 0.1) is 19.7 Å². The highest BCUT2D eigenvalue weighted by Crippen LogP contribution is 2.26. The highest BCUT2D eigenvalue weighted by molar-refractivity contribution is 7.09. The standard InChI is InChI=1S/C16H23N5O2S/c17-14(23)11-20-5-1-3-12(10-20)16-18-15(19-21(16)6-7-22)9-13-4-2-8-24-13/h2,4,8,12,22H,1,3,5-7,9-11H2,(H2,17,23). The monoisotopic (exact) mass is 349 g/mol. The van der Waals surface area contributed by atoms with Crippen molar-refractivity contribution in [2.45, 2.75) is 31.7 Å². The number of likely N-dealkylation sites (tertiary alicyclic amines) is 1. The van der Waals surface area contributed by atoms with Gasteiger partial charge in [0.25, 0.3) is 0 Å². The molecule has 0 bridgehead atoms. The Morgan fingerprint density at radius 3 is 3.08 bits per heavy atom. The molecule has 0 aromatic carbocycles. The zero-order chi connectivity index (χ0) is 16.9. The largest absolute Gasteiger partial charge is 0.394 e. The summed E-state index contributed by atoms with van der Waals surface area (Å²) in [5.74, 6) is 1.61. The lowest BCUT2D eigenvalue weighted by molar-refractivity contribution is -0.119. The van der Waals surface area contributed by atoms with Crippen molar-refractivity contribution in [3.05, 3.63) is 34.0 Å². The van der Waals surface area contributed by atoms with E-state index in [9.17, 15) is 9.90 Å². The molecule has 0 saturated carbocycles. The molecule has 1 saturated heterocycles. The minimum atomic E-state index is -0.300. The van der Waals surface area contributed by atoms with E-state index >= 15 is 0 Å². The second-order valence-electron chi connectivity index (χ2n) is 6.13. The molecule has 24 heavy (non-hydrogen) atoms. The first-order valence-electron chi connectivity index (χ1n) is 8.23. The maximum absolute atomic E-state index is 11.2. The Morgan fingerprint density at radius 2 is 2.38 bits per heavy atom. The molecule has 3 heterocycles. The Hall–Kier alpha value is -1.77. The molecule has 3 rings (SSSR count). The second-order valence-corrected chi connectivity index (χ2v) is 7.16. The third kappa shape index (κ3) is 4.19. The number of aromatic nitrogens is 3. The van der Waals surface area contributed by atoms with Gasteiger partial charge in [0.15, 0.2) is 5.82 Å². The van der Waals surface area contributed by atoms with E-state index in [1.807, 2.05) is 16.1 Å². The Morgan fingerprint density at radius 1 is 1.50 bits per heavy atom. The van der Waals surface area contributed by atoms with Crippen molar-refractivity contribution in [3.63, 3.8) is 0 Å². The topological polar surface area (TPSA) is 97.3 Å². The van der Waals surface area contributed by atoms with Crippen LogP contribution in [-0.4, -0.2) is 56.9 Å². The predicted molar refractivity (Wildman–Crippen MR) is 91.8 cm³/mol. The van der Waals surface area contributed by atoms with Crippen LogP contribution < -0.4 is 5.73 Å². The quantitative estimate of drug-likeness (QED) is 0.762. The van der Waals surface area contributed by atoms with Crippen LogP contribution in [0.2, 0.25) is 0 Å². The highest BCUT2D eigenvalue weighted by atomic mass is 32.1. The van der Waals surface area contributed by atoms with Gasteiger partial charge in [-0.05, 0) is 30.8 Å². The van der Waals surface area contributed by atoms with E-state index in [0.29, 0.717) is 13.0 Å². The Balaban J connectivity index is 1.77. The molecule has 1 fully saturated rings. The summed E-state index contributed by atoms with van der Waals surface area (Å²) in [6.07, 6.45) is 2.73. The van der Waals surface area contributed by atoms with Crippen molar-refractivity contribution < 1.29 is 9.90 Å². The molecular weight excluding hydrogens is 326 g/mol. The molecule has 0 spiro atoms. The summed E-state index contributed by atoms with van der Waals surface area (Å²) < 4.78 is 1.82. The number of amides is 1. The number of primary amides is 1. The maximum atomic E-state index is 11.2. The minimum absolute atomic E-state index is 0.0342. The molecule has 7 nitrogen and oxygen atoms in total. The number of thiophene rings is 1. The van der Waals surface area contributed by atoms with E-state index in [2.05, 4.69) is 16.1 Å². The fraction of sp³-hybridized carbons (Fsp3) is 0.562. The number of aliphatic hydroxyl groups is 1. The number of hydrogen-bond acceptors (Lipinski definition) is 6. The van der Waals surface area contributed by atoms with E-state index in [1.165, 1.54) is 4.88 Å². The Labute approximate surface area is 145 Å². The summed E-state index contributed by atoms with van der Waals surface area (Å²) in [5.41, 5.74) is 5.32. The Bertz CT molecular complexity index is 670. The lowest BCUT2D eigenvalue weighted by Crippen LogP contribution is -2.40. The summed E-state index contributed by atoms with van der Waals surface area (Å²) in [5, 5.41) is 15.9. The third-order valence-electron chi connectivity index (χ3n) is 4.22. The molecule has 1 atom stereocenters. The molecule has 8 heteroatoms. The van der Waals surface area contributed by atoms with Crippen LogP contribution in [0.3, 0.4) is 0 Å². The molecule has 1 unspecified atom stereocenters. The van der Waals surface area contributed by atoms with Crippen molar-refractivity contribution in [3.8, 4) is 0 Å². The zero-order valence-electron chi connectivity index (χ0n) is 13.6. The molecule has 2 aromatic rings. The van der Waals surface area contributed by atoms with Crippen LogP contribution in [0.1, 0.15) is 35.3 Å². The van der Waals surface area contributed by atoms with E-state index in [-0.39, 0.29) is 25.0 Å². The molecule has 3 N–H and O–H groups in total. The Kier molecular flexibility index (Phi) is 5.60. The van der Waals surface area contributed by atoms with Crippen LogP contribution in [0.4, 0.5) is 0 Å². The number of piperidine rings is 1. The number of hydrogen-bond donors (Lipinski definition) is 2. The molecular formula is C16H23N5O2S. The number of carbonyl (C=O) groups excluding carboxylic acids is 1. The first kappa shape index (κ1) is 17.1. The first-order valence-corrected chi connectivity index (χ1v) is 9.11. The molecule has 0 aliphatic carbocycles. The summed E-state index contributed by atoms with van der Waals surface area (Å²) in [7, 11) is 0. The smallest absolute Gasteiger partial charge is 0.231 e. The average Bonchev–Trinajstić information content (AvgIpc) is 3.18. The van der Waals surface area contributed by atoms with E-state index in [0.717, 1.165) is 37.6 Å². The number of nitrogens with zero attached hydrogens (tertiary/aromatic N) is 4. The van der Waals surface area contributed by atoms with Gasteiger partial charge in [-0.15, -0.1) is 11.3 Å². The molecule has 1 aliphatic rings. The summed E-state index contributed by atoms with van der Waals surface area (Å²) in [4.78, 5) is 19.2. The summed E-state index contributed by atoms with van der Waals surface area (Å²) in [6, 6.07) is 4.10. The lowest BCUT2D eigenvalue weighted by atomic mass is 9.97. The van der Waals surface area contributed by atoms with Crippen LogP contribution >= 0.6 is 11.3 Å². The van der Waals surface area contributed by atoms with Crippen molar-refractivity contribution in [2.75, 3.05) is 26.2 Å². The number of aliphatic hydroxyl groups excluding tert-OH is 1. The van der Waals surface area contributed by atoms with Crippen molar-refractivity contribution in [1.82, 2.24) is 19.7 Å². The van der Waals surface area contributed by atoms with Crippen LogP contribution in [0.25, 0.3) is 0 Å². The molecule has 130 valence electrons. The fourth-order valence-electron chi connectivity index (χ4n) is 3.24. The first-order chi connectivity index (χ1) is 11.7. The van der Waals surface area contributed by atoms with Crippen LogP contribution in [0.5, 0.6) is 0 Å². The van der Waals surface area contributed by atoms with Gasteiger partial charge in [0.2, 0.25) is 5.91 Å². The SMILES string of the molecule is NC(=O)CN1CCCC(c2nc(Cc3cccs3)nn2CCO)C1. The highest BCUT2D eigenvalue weighted by Gasteiger charge is 2.27. The van der Waals surface area contributed by atoms with Gasteiger partial charge >= 0.3 is 0 Å². The number of rotatable bonds is 7. The van der Waals surface area contributed by atoms with E-state index in [1.54, 1.807) is 11.3 Å². The average molecular weight is 349 g/mol. The van der Waals surface area contributed by atoms with Gasteiger partial charge in [0, 0.05) is 23.8 Å². The van der Waals surface area contributed by atoms with Crippen molar-refractivity contribution in [2.24, 2.45) is 5.73 Å². The van der Waals surface area contributed by atoms with Gasteiger partial charge in [0.1, 0.15) is 5.82 Å². The van der Waals surface area contributed by atoms with Gasteiger partial charge in [-0.25, -0.2) is 9.67 Å². The normalized spacial score (nSPS) is 18.8. The van der Waals surface area contributed by atoms with Crippen molar-refractivity contribution >= 4 is 17.2 Å². The third-order valence-corrected chi connectivity index (χ3v) is 5.09.